The summed E-state index contributed by atoms with van der Waals surface area (Å²) in [6, 6.07) is 15.1. The molecular formula is C18H19N3O2. The van der Waals surface area contributed by atoms with Crippen LogP contribution in [0.4, 0.5) is 5.69 Å². The highest BCUT2D eigenvalue weighted by Gasteiger charge is 2.09. The Bertz CT molecular complexity index is 856. The summed E-state index contributed by atoms with van der Waals surface area (Å²) in [6.45, 7) is 2.59. The number of nitrogens with one attached hydrogen (secondary N) is 1. The van der Waals surface area contributed by atoms with Crippen LogP contribution in [0.3, 0.4) is 0 Å². The van der Waals surface area contributed by atoms with E-state index in [0.29, 0.717) is 17.4 Å². The molecule has 5 nitrogen and oxygen atoms in total. The summed E-state index contributed by atoms with van der Waals surface area (Å²) in [5.41, 5.74) is 2.66. The summed E-state index contributed by atoms with van der Waals surface area (Å²) in [7, 11) is 0. The van der Waals surface area contributed by atoms with Crippen LogP contribution < -0.4 is 10.9 Å². The number of anilines is 1. The standard InChI is InChI=1S/C18H19N3O2/c1-13-6-8-14(9-7-13)19-10-15(22)11-21-12-20-17-5-3-2-4-16(17)18(21)23/h2-9,12,15,19,22H,10-11H2,1H3. The number of hydrogen-bond donors (Lipinski definition) is 2. The van der Waals surface area contributed by atoms with E-state index in [0.717, 1.165) is 5.69 Å². The number of para-hydroxylation sites is 1. The quantitative estimate of drug-likeness (QED) is 0.758. The van der Waals surface area contributed by atoms with Gasteiger partial charge in [-0.05, 0) is 31.2 Å². The Kier molecular flexibility index (Phi) is 4.39. The van der Waals surface area contributed by atoms with Crippen LogP contribution in [0.25, 0.3) is 10.9 Å². The van der Waals surface area contributed by atoms with Gasteiger partial charge in [0.1, 0.15) is 0 Å². The zero-order valence-electron chi connectivity index (χ0n) is 12.9. The van der Waals surface area contributed by atoms with Gasteiger partial charge in [-0.3, -0.25) is 9.36 Å². The molecule has 0 fully saturated rings. The molecule has 0 aliphatic heterocycles. The van der Waals surface area contributed by atoms with Crippen molar-refractivity contribution in [3.8, 4) is 0 Å². The van der Waals surface area contributed by atoms with Crippen LogP contribution in [-0.4, -0.2) is 27.3 Å². The molecule has 23 heavy (non-hydrogen) atoms. The monoisotopic (exact) mass is 309 g/mol. The number of hydrogen-bond acceptors (Lipinski definition) is 4. The number of aryl methyl sites for hydroxylation is 1. The minimum atomic E-state index is -0.683. The van der Waals surface area contributed by atoms with Gasteiger partial charge in [0.15, 0.2) is 0 Å². The molecule has 3 rings (SSSR count). The molecule has 2 aromatic carbocycles. The fourth-order valence-corrected chi connectivity index (χ4v) is 2.43. The van der Waals surface area contributed by atoms with E-state index in [-0.39, 0.29) is 12.1 Å². The lowest BCUT2D eigenvalue weighted by Crippen LogP contribution is -2.31. The molecule has 5 heteroatoms. The molecule has 2 N–H and O–H groups in total. The van der Waals surface area contributed by atoms with Gasteiger partial charge in [-0.2, -0.15) is 0 Å². The van der Waals surface area contributed by atoms with E-state index in [1.807, 2.05) is 43.3 Å². The van der Waals surface area contributed by atoms with Gasteiger partial charge >= 0.3 is 0 Å². The summed E-state index contributed by atoms with van der Waals surface area (Å²) in [6.07, 6.45) is 0.803. The highest BCUT2D eigenvalue weighted by Crippen LogP contribution is 2.09. The molecule has 0 spiro atoms. The molecule has 0 aliphatic rings. The summed E-state index contributed by atoms with van der Waals surface area (Å²) in [4.78, 5) is 16.6. The van der Waals surface area contributed by atoms with Gasteiger partial charge in [0.2, 0.25) is 0 Å². The molecule has 0 amide bonds. The average molecular weight is 309 g/mol. The Morgan fingerprint density at radius 1 is 1.17 bits per heavy atom. The third-order valence-corrected chi connectivity index (χ3v) is 3.73. The Morgan fingerprint density at radius 2 is 1.91 bits per heavy atom. The molecule has 0 saturated heterocycles. The topological polar surface area (TPSA) is 67.2 Å². The van der Waals surface area contributed by atoms with Gasteiger partial charge in [-0.25, -0.2) is 4.98 Å². The second-order valence-corrected chi connectivity index (χ2v) is 5.62. The first-order chi connectivity index (χ1) is 11.1. The Balaban J connectivity index is 1.68. The Hall–Kier alpha value is -2.66. The summed E-state index contributed by atoms with van der Waals surface area (Å²) >= 11 is 0. The van der Waals surface area contributed by atoms with Crippen LogP contribution >= 0.6 is 0 Å². The van der Waals surface area contributed by atoms with E-state index in [4.69, 9.17) is 0 Å². The number of aliphatic hydroxyl groups excluding tert-OH is 1. The number of rotatable bonds is 5. The number of nitrogens with zero attached hydrogens (tertiary/aromatic N) is 2. The second kappa shape index (κ2) is 6.62. The molecule has 0 aliphatic carbocycles. The maximum Gasteiger partial charge on any atom is 0.261 e. The molecule has 3 aromatic rings. The smallest absolute Gasteiger partial charge is 0.261 e. The SMILES string of the molecule is Cc1ccc(NCC(O)Cn2cnc3ccccc3c2=O)cc1. The van der Waals surface area contributed by atoms with E-state index in [1.165, 1.54) is 16.5 Å². The van der Waals surface area contributed by atoms with Gasteiger partial charge in [0.25, 0.3) is 5.56 Å². The summed E-state index contributed by atoms with van der Waals surface area (Å²) in [5.74, 6) is 0. The molecule has 0 saturated carbocycles. The minimum Gasteiger partial charge on any atom is -0.389 e. The molecular weight excluding hydrogens is 290 g/mol. The zero-order valence-corrected chi connectivity index (χ0v) is 12.9. The van der Waals surface area contributed by atoms with E-state index in [2.05, 4.69) is 10.3 Å². The lowest BCUT2D eigenvalue weighted by atomic mass is 10.2. The van der Waals surface area contributed by atoms with Gasteiger partial charge in [0.05, 0.1) is 29.9 Å². The maximum absolute atomic E-state index is 12.4. The van der Waals surface area contributed by atoms with Crippen LogP contribution in [0.15, 0.2) is 59.7 Å². The first-order valence-corrected chi connectivity index (χ1v) is 7.56. The second-order valence-electron chi connectivity index (χ2n) is 5.62. The van der Waals surface area contributed by atoms with Gasteiger partial charge in [0, 0.05) is 12.2 Å². The van der Waals surface area contributed by atoms with Crippen molar-refractivity contribution in [2.45, 2.75) is 19.6 Å². The molecule has 1 aromatic heterocycles. The molecule has 0 bridgehead atoms. The van der Waals surface area contributed by atoms with E-state index >= 15 is 0 Å². The van der Waals surface area contributed by atoms with Crippen molar-refractivity contribution < 1.29 is 5.11 Å². The van der Waals surface area contributed by atoms with Gasteiger partial charge in [-0.15, -0.1) is 0 Å². The van der Waals surface area contributed by atoms with Crippen molar-refractivity contribution in [1.29, 1.82) is 0 Å². The van der Waals surface area contributed by atoms with Crippen LogP contribution in [0.5, 0.6) is 0 Å². The molecule has 0 radical (unpaired) electrons. The third-order valence-electron chi connectivity index (χ3n) is 3.73. The maximum atomic E-state index is 12.4. The number of aromatic nitrogens is 2. The van der Waals surface area contributed by atoms with E-state index in [1.54, 1.807) is 12.1 Å². The van der Waals surface area contributed by atoms with Crippen molar-refractivity contribution in [3.05, 3.63) is 70.8 Å². The third kappa shape index (κ3) is 3.57. The van der Waals surface area contributed by atoms with Crippen molar-refractivity contribution in [3.63, 3.8) is 0 Å². The van der Waals surface area contributed by atoms with Gasteiger partial charge < -0.3 is 10.4 Å². The normalized spacial score (nSPS) is 12.3. The lowest BCUT2D eigenvalue weighted by molar-refractivity contribution is 0.165. The predicted octanol–water partition coefficient (Wildman–Crippen LogP) is 2.18. The molecule has 1 atom stereocenters. The fourth-order valence-electron chi connectivity index (χ4n) is 2.43. The largest absolute Gasteiger partial charge is 0.389 e. The predicted molar refractivity (Wildman–Crippen MR) is 91.7 cm³/mol. The van der Waals surface area contributed by atoms with Crippen molar-refractivity contribution in [2.75, 3.05) is 11.9 Å². The van der Waals surface area contributed by atoms with Gasteiger partial charge in [-0.1, -0.05) is 29.8 Å². The van der Waals surface area contributed by atoms with E-state index < -0.39 is 6.10 Å². The van der Waals surface area contributed by atoms with Crippen LogP contribution in [0.2, 0.25) is 0 Å². The van der Waals surface area contributed by atoms with Crippen molar-refractivity contribution in [1.82, 2.24) is 9.55 Å². The number of benzene rings is 2. The highest BCUT2D eigenvalue weighted by molar-refractivity contribution is 5.76. The molecule has 1 unspecified atom stereocenters. The molecule has 1 heterocycles. The van der Waals surface area contributed by atoms with Crippen LogP contribution in [0.1, 0.15) is 5.56 Å². The lowest BCUT2D eigenvalue weighted by Gasteiger charge is -2.14. The first kappa shape index (κ1) is 15.2. The highest BCUT2D eigenvalue weighted by atomic mass is 16.3. The first-order valence-electron chi connectivity index (χ1n) is 7.56. The van der Waals surface area contributed by atoms with E-state index in [9.17, 15) is 9.90 Å². The van der Waals surface area contributed by atoms with Crippen LogP contribution in [0, 0.1) is 6.92 Å². The van der Waals surface area contributed by atoms with Crippen molar-refractivity contribution >= 4 is 16.6 Å². The number of aliphatic hydroxyl groups is 1. The summed E-state index contributed by atoms with van der Waals surface area (Å²) in [5, 5.41) is 13.9. The Morgan fingerprint density at radius 3 is 2.70 bits per heavy atom. The summed E-state index contributed by atoms with van der Waals surface area (Å²) < 4.78 is 1.45. The molecule has 118 valence electrons. The minimum absolute atomic E-state index is 0.134. The number of fused-ring (bicyclic) bond motifs is 1. The Labute approximate surface area is 134 Å². The van der Waals surface area contributed by atoms with Crippen LogP contribution in [-0.2, 0) is 6.54 Å². The van der Waals surface area contributed by atoms with Crippen molar-refractivity contribution in [2.24, 2.45) is 0 Å². The zero-order chi connectivity index (χ0) is 16.2. The average Bonchev–Trinajstić information content (AvgIpc) is 2.57. The fraction of sp³-hybridized carbons (Fsp3) is 0.222.